The van der Waals surface area contributed by atoms with E-state index in [2.05, 4.69) is 5.32 Å². The van der Waals surface area contributed by atoms with Gasteiger partial charge >= 0.3 is 0 Å². The van der Waals surface area contributed by atoms with Gasteiger partial charge in [-0.2, -0.15) is 0 Å². The SMILES string of the molecule is CO[C@H]1CCN(C(=O)C2CCNCC2)C[C@H]1Cc1cccc(F)c1.Cl. The fraction of sp³-hybridized carbons (Fsp3) is 0.632. The summed E-state index contributed by atoms with van der Waals surface area (Å²) in [6.07, 6.45) is 3.58. The maximum atomic E-state index is 13.4. The zero-order valence-electron chi connectivity index (χ0n) is 14.7. The molecule has 1 aromatic carbocycles. The van der Waals surface area contributed by atoms with E-state index in [4.69, 9.17) is 4.74 Å². The Hall–Kier alpha value is -1.17. The first-order valence-electron chi connectivity index (χ1n) is 8.94. The number of ether oxygens (including phenoxy) is 1. The number of carbonyl (C=O) groups excluding carboxylic acids is 1. The van der Waals surface area contributed by atoms with Crippen molar-refractivity contribution >= 4 is 18.3 Å². The van der Waals surface area contributed by atoms with E-state index in [0.29, 0.717) is 6.54 Å². The van der Waals surface area contributed by atoms with Crippen LogP contribution in [0.3, 0.4) is 0 Å². The molecule has 2 aliphatic heterocycles. The zero-order chi connectivity index (χ0) is 16.9. The zero-order valence-corrected chi connectivity index (χ0v) is 15.6. The molecule has 0 spiro atoms. The van der Waals surface area contributed by atoms with Crippen LogP contribution in [0.5, 0.6) is 0 Å². The normalized spacial score (nSPS) is 24.6. The summed E-state index contributed by atoms with van der Waals surface area (Å²) in [5, 5.41) is 3.31. The molecule has 0 unspecified atom stereocenters. The maximum absolute atomic E-state index is 13.4. The van der Waals surface area contributed by atoms with E-state index in [0.717, 1.165) is 50.9 Å². The first-order valence-corrected chi connectivity index (χ1v) is 8.94. The summed E-state index contributed by atoms with van der Waals surface area (Å²) >= 11 is 0. The number of nitrogens with one attached hydrogen (secondary N) is 1. The molecule has 2 atom stereocenters. The van der Waals surface area contributed by atoms with Crippen molar-refractivity contribution in [3.8, 4) is 0 Å². The molecule has 140 valence electrons. The predicted octanol–water partition coefficient (Wildman–Crippen LogP) is 2.65. The molecule has 25 heavy (non-hydrogen) atoms. The molecule has 3 rings (SSSR count). The van der Waals surface area contributed by atoms with Crippen LogP contribution in [0.25, 0.3) is 0 Å². The van der Waals surface area contributed by atoms with Crippen LogP contribution in [-0.2, 0) is 16.0 Å². The highest BCUT2D eigenvalue weighted by Crippen LogP contribution is 2.26. The summed E-state index contributed by atoms with van der Waals surface area (Å²) in [6, 6.07) is 6.74. The van der Waals surface area contributed by atoms with Gasteiger partial charge in [-0.1, -0.05) is 12.1 Å². The van der Waals surface area contributed by atoms with E-state index in [1.165, 1.54) is 6.07 Å². The second-order valence-corrected chi connectivity index (χ2v) is 6.97. The molecule has 2 fully saturated rings. The van der Waals surface area contributed by atoms with E-state index in [-0.39, 0.29) is 42.1 Å². The summed E-state index contributed by atoms with van der Waals surface area (Å²) in [5.74, 6) is 0.451. The van der Waals surface area contributed by atoms with Gasteiger partial charge in [-0.25, -0.2) is 4.39 Å². The predicted molar refractivity (Wildman–Crippen MR) is 98.4 cm³/mol. The molecule has 1 aromatic rings. The Bertz CT molecular complexity index is 566. The van der Waals surface area contributed by atoms with Crippen LogP contribution in [-0.4, -0.2) is 50.2 Å². The highest BCUT2D eigenvalue weighted by molar-refractivity contribution is 5.85. The van der Waals surface area contributed by atoms with Crippen LogP contribution in [0.15, 0.2) is 24.3 Å². The van der Waals surface area contributed by atoms with Gasteiger partial charge in [-0.3, -0.25) is 4.79 Å². The second kappa shape index (κ2) is 9.51. The number of piperidine rings is 2. The smallest absolute Gasteiger partial charge is 0.225 e. The molecule has 2 saturated heterocycles. The van der Waals surface area contributed by atoms with Crippen LogP contribution < -0.4 is 5.32 Å². The molecule has 1 amide bonds. The second-order valence-electron chi connectivity index (χ2n) is 6.97. The third-order valence-corrected chi connectivity index (χ3v) is 5.35. The average molecular weight is 371 g/mol. The molecule has 2 heterocycles. The Labute approximate surface area is 155 Å². The molecule has 4 nitrogen and oxygen atoms in total. The number of rotatable bonds is 4. The molecule has 0 aliphatic carbocycles. The molecule has 0 aromatic heterocycles. The van der Waals surface area contributed by atoms with Crippen LogP contribution in [0.4, 0.5) is 4.39 Å². The minimum atomic E-state index is -0.208. The minimum absolute atomic E-state index is 0. The number of likely N-dealkylation sites (tertiary alicyclic amines) is 1. The van der Waals surface area contributed by atoms with Crippen LogP contribution >= 0.6 is 12.4 Å². The van der Waals surface area contributed by atoms with Gasteiger partial charge in [0.05, 0.1) is 6.10 Å². The van der Waals surface area contributed by atoms with Gasteiger partial charge in [0.25, 0.3) is 0 Å². The van der Waals surface area contributed by atoms with Crippen molar-refractivity contribution in [2.75, 3.05) is 33.3 Å². The number of nitrogens with zero attached hydrogens (tertiary/aromatic N) is 1. The lowest BCUT2D eigenvalue weighted by atomic mass is 9.87. The van der Waals surface area contributed by atoms with Gasteiger partial charge in [0.15, 0.2) is 0 Å². The van der Waals surface area contributed by atoms with E-state index in [1.54, 1.807) is 19.2 Å². The Morgan fingerprint density at radius 3 is 2.76 bits per heavy atom. The van der Waals surface area contributed by atoms with Crippen molar-refractivity contribution in [2.45, 2.75) is 31.8 Å². The molecule has 2 aliphatic rings. The Morgan fingerprint density at radius 2 is 2.08 bits per heavy atom. The quantitative estimate of drug-likeness (QED) is 0.885. The lowest BCUT2D eigenvalue weighted by Crippen LogP contribution is -2.50. The van der Waals surface area contributed by atoms with Crippen LogP contribution in [0.1, 0.15) is 24.8 Å². The third kappa shape index (κ3) is 5.16. The Balaban J connectivity index is 0.00000225. The van der Waals surface area contributed by atoms with Gasteiger partial charge in [0.2, 0.25) is 5.91 Å². The van der Waals surface area contributed by atoms with E-state index in [9.17, 15) is 9.18 Å². The highest BCUT2D eigenvalue weighted by Gasteiger charge is 2.34. The number of benzene rings is 1. The number of halogens is 2. The monoisotopic (exact) mass is 370 g/mol. The molecule has 0 bridgehead atoms. The summed E-state index contributed by atoms with van der Waals surface area (Å²) in [4.78, 5) is 14.8. The largest absolute Gasteiger partial charge is 0.381 e. The molecular weight excluding hydrogens is 343 g/mol. The van der Waals surface area contributed by atoms with Crippen molar-refractivity contribution in [3.63, 3.8) is 0 Å². The van der Waals surface area contributed by atoms with Crippen LogP contribution in [0.2, 0.25) is 0 Å². The number of amides is 1. The van der Waals surface area contributed by atoms with Crippen LogP contribution in [0, 0.1) is 17.7 Å². The standard InChI is InChI=1S/C19H27FN2O2.ClH/c1-24-18-7-10-22(19(23)15-5-8-21-9-6-15)13-16(18)11-14-3-2-4-17(20)12-14;/h2-4,12,15-16,18,21H,5-11,13H2,1H3;1H/t16-,18+;/m1./s1. The first-order chi connectivity index (χ1) is 11.7. The van der Waals surface area contributed by atoms with Crippen molar-refractivity contribution in [1.82, 2.24) is 10.2 Å². The summed E-state index contributed by atoms with van der Waals surface area (Å²) < 4.78 is 19.1. The third-order valence-electron chi connectivity index (χ3n) is 5.35. The summed E-state index contributed by atoms with van der Waals surface area (Å²) in [5.41, 5.74) is 0.971. The molecular formula is C19H28ClFN2O2. The number of hydrogen-bond donors (Lipinski definition) is 1. The molecule has 6 heteroatoms. The Kier molecular flexibility index (Phi) is 7.66. The van der Waals surface area contributed by atoms with Gasteiger partial charge in [-0.05, 0) is 56.5 Å². The summed E-state index contributed by atoms with van der Waals surface area (Å²) in [6.45, 7) is 3.33. The fourth-order valence-electron chi connectivity index (χ4n) is 4.01. The number of carbonyl (C=O) groups is 1. The fourth-order valence-corrected chi connectivity index (χ4v) is 4.01. The Morgan fingerprint density at radius 1 is 1.32 bits per heavy atom. The molecule has 0 saturated carbocycles. The lowest BCUT2D eigenvalue weighted by Gasteiger charge is -2.40. The average Bonchev–Trinajstić information content (AvgIpc) is 2.62. The number of methoxy groups -OCH3 is 1. The van der Waals surface area contributed by atoms with Crippen molar-refractivity contribution in [2.24, 2.45) is 11.8 Å². The summed E-state index contributed by atoms with van der Waals surface area (Å²) in [7, 11) is 1.73. The topological polar surface area (TPSA) is 41.6 Å². The lowest BCUT2D eigenvalue weighted by molar-refractivity contribution is -0.140. The van der Waals surface area contributed by atoms with Crippen molar-refractivity contribution in [3.05, 3.63) is 35.6 Å². The first kappa shape index (κ1) is 20.1. The van der Waals surface area contributed by atoms with Crippen molar-refractivity contribution < 1.29 is 13.9 Å². The van der Waals surface area contributed by atoms with Gasteiger partial charge in [0, 0.05) is 32.0 Å². The van der Waals surface area contributed by atoms with Gasteiger partial charge in [0.1, 0.15) is 5.82 Å². The van der Waals surface area contributed by atoms with Gasteiger partial charge in [-0.15, -0.1) is 12.4 Å². The number of hydrogen-bond acceptors (Lipinski definition) is 3. The maximum Gasteiger partial charge on any atom is 0.225 e. The minimum Gasteiger partial charge on any atom is -0.381 e. The molecule has 1 N–H and O–H groups in total. The van der Waals surface area contributed by atoms with E-state index >= 15 is 0 Å². The van der Waals surface area contributed by atoms with Gasteiger partial charge < -0.3 is 15.0 Å². The molecule has 0 radical (unpaired) electrons. The highest BCUT2D eigenvalue weighted by atomic mass is 35.5. The van der Waals surface area contributed by atoms with Crippen molar-refractivity contribution in [1.29, 1.82) is 0 Å². The van der Waals surface area contributed by atoms with E-state index in [1.807, 2.05) is 11.0 Å². The van der Waals surface area contributed by atoms with E-state index < -0.39 is 0 Å².